The van der Waals surface area contributed by atoms with Gasteiger partial charge in [0, 0.05) is 18.1 Å². The highest BCUT2D eigenvalue weighted by Gasteiger charge is 2.10. The Bertz CT molecular complexity index is 102. The lowest BCUT2D eigenvalue weighted by Gasteiger charge is -2.24. The van der Waals surface area contributed by atoms with Crippen LogP contribution in [0.25, 0.3) is 0 Å². The van der Waals surface area contributed by atoms with E-state index in [4.69, 9.17) is 0 Å². The smallest absolute Gasteiger partial charge is 0.0192 e. The molecule has 2 nitrogen and oxygen atoms in total. The summed E-state index contributed by atoms with van der Waals surface area (Å²) in [6.07, 6.45) is 1.21. The van der Waals surface area contributed by atoms with Gasteiger partial charge in [-0.25, -0.2) is 0 Å². The summed E-state index contributed by atoms with van der Waals surface area (Å²) in [4.78, 5) is 0. The highest BCUT2D eigenvalue weighted by molar-refractivity contribution is 4.75. The van der Waals surface area contributed by atoms with Gasteiger partial charge in [0.05, 0.1) is 0 Å². The molecule has 0 radical (unpaired) electrons. The topological polar surface area (TPSA) is 24.1 Å². The van der Waals surface area contributed by atoms with Crippen LogP contribution in [0.3, 0.4) is 0 Å². The normalized spacial score (nSPS) is 16.5. The van der Waals surface area contributed by atoms with Gasteiger partial charge in [-0.2, -0.15) is 0 Å². The van der Waals surface area contributed by atoms with Crippen molar-refractivity contribution >= 4 is 0 Å². The Morgan fingerprint density at radius 3 is 2.00 bits per heavy atom. The van der Waals surface area contributed by atoms with Gasteiger partial charge >= 0.3 is 0 Å². The maximum absolute atomic E-state index is 3.49. The minimum atomic E-state index is 0.552. The molecule has 0 bridgehead atoms. The first-order valence-electron chi connectivity index (χ1n) is 5.07. The van der Waals surface area contributed by atoms with Crippen LogP contribution in [0.15, 0.2) is 0 Å². The zero-order valence-electron chi connectivity index (χ0n) is 9.15. The molecule has 2 atom stereocenters. The SMILES string of the molecule is CCCN[C@@H](C)C(C)NC(C)C. The molecule has 0 fully saturated rings. The van der Waals surface area contributed by atoms with Crippen molar-refractivity contribution in [1.29, 1.82) is 0 Å². The molecule has 12 heavy (non-hydrogen) atoms. The average Bonchev–Trinajstić information content (AvgIpc) is 1.98. The lowest BCUT2D eigenvalue weighted by atomic mass is 10.1. The first-order valence-corrected chi connectivity index (χ1v) is 5.07. The fourth-order valence-corrected chi connectivity index (χ4v) is 1.22. The van der Waals surface area contributed by atoms with E-state index in [-0.39, 0.29) is 0 Å². The molecule has 0 aromatic heterocycles. The van der Waals surface area contributed by atoms with E-state index in [1.54, 1.807) is 0 Å². The Balaban J connectivity index is 3.53. The van der Waals surface area contributed by atoms with Crippen LogP contribution < -0.4 is 10.6 Å². The van der Waals surface area contributed by atoms with Gasteiger partial charge < -0.3 is 10.6 Å². The quantitative estimate of drug-likeness (QED) is 0.638. The minimum Gasteiger partial charge on any atom is -0.313 e. The Labute approximate surface area is 77.1 Å². The molecule has 74 valence electrons. The molecule has 0 aromatic carbocycles. The number of hydrogen-bond acceptors (Lipinski definition) is 2. The predicted molar refractivity (Wildman–Crippen MR) is 55.5 cm³/mol. The van der Waals surface area contributed by atoms with Crippen LogP contribution >= 0.6 is 0 Å². The zero-order valence-corrected chi connectivity index (χ0v) is 9.15. The largest absolute Gasteiger partial charge is 0.313 e. The van der Waals surface area contributed by atoms with E-state index in [9.17, 15) is 0 Å². The molecule has 0 aliphatic heterocycles. The van der Waals surface area contributed by atoms with Crippen molar-refractivity contribution in [2.45, 2.75) is 59.2 Å². The molecule has 0 amide bonds. The molecule has 0 aromatic rings. The molecule has 1 unspecified atom stereocenters. The van der Waals surface area contributed by atoms with Gasteiger partial charge in [-0.15, -0.1) is 0 Å². The summed E-state index contributed by atoms with van der Waals surface area (Å²) in [7, 11) is 0. The summed E-state index contributed by atoms with van der Waals surface area (Å²) in [6, 6.07) is 1.69. The highest BCUT2D eigenvalue weighted by atomic mass is 15.0. The minimum absolute atomic E-state index is 0.552. The molecule has 0 aliphatic rings. The lowest BCUT2D eigenvalue weighted by molar-refractivity contribution is 0.385. The van der Waals surface area contributed by atoms with Gasteiger partial charge in [0.1, 0.15) is 0 Å². The summed E-state index contributed by atoms with van der Waals surface area (Å²) in [5.41, 5.74) is 0. The molecule has 0 saturated heterocycles. The average molecular weight is 172 g/mol. The maximum atomic E-state index is 3.49. The molecule has 0 spiro atoms. The van der Waals surface area contributed by atoms with Gasteiger partial charge in [0.15, 0.2) is 0 Å². The summed E-state index contributed by atoms with van der Waals surface area (Å²) < 4.78 is 0. The van der Waals surface area contributed by atoms with Crippen molar-refractivity contribution in [3.05, 3.63) is 0 Å². The third kappa shape index (κ3) is 5.56. The van der Waals surface area contributed by atoms with Crippen molar-refractivity contribution in [3.63, 3.8) is 0 Å². The first kappa shape index (κ1) is 11.9. The fraction of sp³-hybridized carbons (Fsp3) is 1.00. The second-order valence-corrected chi connectivity index (χ2v) is 3.85. The molecule has 0 aliphatic carbocycles. The van der Waals surface area contributed by atoms with E-state index in [1.807, 2.05) is 0 Å². The van der Waals surface area contributed by atoms with Crippen LogP contribution in [-0.4, -0.2) is 24.7 Å². The Kier molecular flexibility index (Phi) is 6.39. The van der Waals surface area contributed by atoms with Gasteiger partial charge in [-0.1, -0.05) is 20.8 Å². The van der Waals surface area contributed by atoms with Gasteiger partial charge in [0.25, 0.3) is 0 Å². The van der Waals surface area contributed by atoms with Crippen molar-refractivity contribution < 1.29 is 0 Å². The molecular weight excluding hydrogens is 148 g/mol. The summed E-state index contributed by atoms with van der Waals surface area (Å²) in [5.74, 6) is 0. The molecule has 0 heterocycles. The fourth-order valence-electron chi connectivity index (χ4n) is 1.22. The van der Waals surface area contributed by atoms with E-state index in [2.05, 4.69) is 45.3 Å². The molecule has 2 heteroatoms. The molecule has 0 rings (SSSR count). The Morgan fingerprint density at radius 1 is 1.00 bits per heavy atom. The van der Waals surface area contributed by atoms with E-state index in [1.165, 1.54) is 6.42 Å². The second-order valence-electron chi connectivity index (χ2n) is 3.85. The second kappa shape index (κ2) is 6.44. The molecular formula is C10H24N2. The van der Waals surface area contributed by atoms with Gasteiger partial charge in [-0.05, 0) is 26.8 Å². The van der Waals surface area contributed by atoms with Crippen molar-refractivity contribution in [3.8, 4) is 0 Å². The van der Waals surface area contributed by atoms with Crippen LogP contribution in [0.2, 0.25) is 0 Å². The Hall–Kier alpha value is -0.0800. The van der Waals surface area contributed by atoms with Gasteiger partial charge in [0.2, 0.25) is 0 Å². The maximum Gasteiger partial charge on any atom is 0.0192 e. The number of hydrogen-bond donors (Lipinski definition) is 2. The summed E-state index contributed by atoms with van der Waals surface area (Å²) in [5, 5.41) is 6.96. The number of nitrogens with one attached hydrogen (secondary N) is 2. The molecule has 2 N–H and O–H groups in total. The summed E-state index contributed by atoms with van der Waals surface area (Å²) >= 11 is 0. The van der Waals surface area contributed by atoms with E-state index < -0.39 is 0 Å². The van der Waals surface area contributed by atoms with Gasteiger partial charge in [-0.3, -0.25) is 0 Å². The monoisotopic (exact) mass is 172 g/mol. The highest BCUT2D eigenvalue weighted by Crippen LogP contribution is 1.93. The predicted octanol–water partition coefficient (Wildman–Crippen LogP) is 1.76. The Morgan fingerprint density at radius 2 is 1.58 bits per heavy atom. The van der Waals surface area contributed by atoms with Crippen LogP contribution in [0.5, 0.6) is 0 Å². The third-order valence-electron chi connectivity index (χ3n) is 2.06. The summed E-state index contributed by atoms with van der Waals surface area (Å²) in [6.45, 7) is 12.1. The zero-order chi connectivity index (χ0) is 9.56. The van der Waals surface area contributed by atoms with E-state index in [0.29, 0.717) is 18.1 Å². The van der Waals surface area contributed by atoms with Crippen molar-refractivity contribution in [2.24, 2.45) is 0 Å². The van der Waals surface area contributed by atoms with Crippen LogP contribution in [0, 0.1) is 0 Å². The van der Waals surface area contributed by atoms with E-state index >= 15 is 0 Å². The van der Waals surface area contributed by atoms with Crippen molar-refractivity contribution in [1.82, 2.24) is 10.6 Å². The van der Waals surface area contributed by atoms with Crippen molar-refractivity contribution in [2.75, 3.05) is 6.54 Å². The van der Waals surface area contributed by atoms with Crippen LogP contribution in [-0.2, 0) is 0 Å². The van der Waals surface area contributed by atoms with Crippen LogP contribution in [0.1, 0.15) is 41.0 Å². The van der Waals surface area contributed by atoms with E-state index in [0.717, 1.165) is 6.54 Å². The first-order chi connectivity index (χ1) is 5.57. The van der Waals surface area contributed by atoms with Crippen LogP contribution in [0.4, 0.5) is 0 Å². The third-order valence-corrected chi connectivity index (χ3v) is 2.06. The molecule has 0 saturated carbocycles. The lowest BCUT2D eigenvalue weighted by Crippen LogP contribution is -2.46. The standard InChI is InChI=1S/C10H24N2/c1-6-7-11-9(4)10(5)12-8(2)3/h8-12H,6-7H2,1-5H3/t9-,10?/m0/s1. The number of rotatable bonds is 6.